The van der Waals surface area contributed by atoms with Gasteiger partial charge in [-0.05, 0) is 61.5 Å². The van der Waals surface area contributed by atoms with E-state index in [1.165, 1.54) is 17.1 Å². The summed E-state index contributed by atoms with van der Waals surface area (Å²) in [5.74, 6) is -0.503. The zero-order chi connectivity index (χ0) is 21.4. The van der Waals surface area contributed by atoms with Crippen LogP contribution in [0.5, 0.6) is 0 Å². The summed E-state index contributed by atoms with van der Waals surface area (Å²) in [6.45, 7) is 1.70. The maximum Gasteiger partial charge on any atom is 0.335 e. The average molecular weight is 441 g/mol. The standard InChI is InChI=1S/C22H14Cl2N2O4/c1-12-17(21(27)26(25-12)15-4-2-3-13(9-15)22(28)29)11-16-6-8-20(30-16)18-10-14(23)5-7-19(18)24/h2-11H,1H3,(H,28,29). The van der Waals surface area contributed by atoms with Crippen LogP contribution in [0.4, 0.5) is 5.69 Å². The first-order valence-corrected chi connectivity index (χ1v) is 9.59. The van der Waals surface area contributed by atoms with Gasteiger partial charge in [-0.3, -0.25) is 4.79 Å². The van der Waals surface area contributed by atoms with Crippen LogP contribution in [0.3, 0.4) is 0 Å². The molecule has 0 saturated carbocycles. The van der Waals surface area contributed by atoms with Gasteiger partial charge in [0.15, 0.2) is 0 Å². The normalized spacial score (nSPS) is 15.0. The minimum Gasteiger partial charge on any atom is -0.478 e. The predicted molar refractivity (Wildman–Crippen MR) is 116 cm³/mol. The van der Waals surface area contributed by atoms with Gasteiger partial charge in [0.1, 0.15) is 11.5 Å². The molecule has 2 aromatic carbocycles. The van der Waals surface area contributed by atoms with Crippen LogP contribution in [0, 0.1) is 0 Å². The van der Waals surface area contributed by atoms with Gasteiger partial charge in [-0.25, -0.2) is 4.79 Å². The topological polar surface area (TPSA) is 83.1 Å². The number of carboxylic acid groups (broad SMARTS) is 1. The van der Waals surface area contributed by atoms with Crippen LogP contribution in [0.15, 0.2) is 69.7 Å². The average Bonchev–Trinajstić information content (AvgIpc) is 3.30. The van der Waals surface area contributed by atoms with Gasteiger partial charge in [-0.15, -0.1) is 0 Å². The first-order valence-electron chi connectivity index (χ1n) is 8.84. The van der Waals surface area contributed by atoms with Crippen LogP contribution in [-0.2, 0) is 4.79 Å². The number of carbonyl (C=O) groups excluding carboxylic acids is 1. The summed E-state index contributed by atoms with van der Waals surface area (Å²) >= 11 is 12.3. The molecule has 3 aromatic rings. The Balaban J connectivity index is 1.64. The molecule has 8 heteroatoms. The van der Waals surface area contributed by atoms with E-state index >= 15 is 0 Å². The molecule has 0 radical (unpaired) electrons. The number of carboxylic acids is 1. The van der Waals surface area contributed by atoms with E-state index < -0.39 is 5.97 Å². The molecule has 4 rings (SSSR count). The van der Waals surface area contributed by atoms with Gasteiger partial charge >= 0.3 is 5.97 Å². The largest absolute Gasteiger partial charge is 0.478 e. The van der Waals surface area contributed by atoms with Gasteiger partial charge in [0.25, 0.3) is 5.91 Å². The highest BCUT2D eigenvalue weighted by Gasteiger charge is 2.29. The van der Waals surface area contributed by atoms with Gasteiger partial charge in [0.05, 0.1) is 27.6 Å². The maximum atomic E-state index is 12.9. The summed E-state index contributed by atoms with van der Waals surface area (Å²) in [5.41, 5.74) is 1.91. The molecule has 0 fully saturated rings. The van der Waals surface area contributed by atoms with Crippen molar-refractivity contribution < 1.29 is 19.1 Å². The number of benzene rings is 2. The molecule has 150 valence electrons. The number of nitrogens with zero attached hydrogens (tertiary/aromatic N) is 2. The van der Waals surface area contributed by atoms with Crippen molar-refractivity contribution in [2.75, 3.05) is 5.01 Å². The molecular weight excluding hydrogens is 427 g/mol. The number of rotatable bonds is 4. The lowest BCUT2D eigenvalue weighted by Crippen LogP contribution is -2.21. The highest BCUT2D eigenvalue weighted by Crippen LogP contribution is 2.33. The highest BCUT2D eigenvalue weighted by atomic mass is 35.5. The lowest BCUT2D eigenvalue weighted by atomic mass is 10.1. The molecule has 1 amide bonds. The third kappa shape index (κ3) is 3.75. The Morgan fingerprint density at radius 1 is 1.13 bits per heavy atom. The zero-order valence-electron chi connectivity index (χ0n) is 15.6. The summed E-state index contributed by atoms with van der Waals surface area (Å²) in [6, 6.07) is 14.5. The second-order valence-electron chi connectivity index (χ2n) is 6.54. The molecule has 1 aromatic heterocycles. The Hall–Kier alpha value is -3.35. The lowest BCUT2D eigenvalue weighted by molar-refractivity contribution is -0.114. The fraction of sp³-hybridized carbons (Fsp3) is 0.0455. The number of anilines is 1. The molecule has 30 heavy (non-hydrogen) atoms. The molecule has 1 aliphatic rings. The van der Waals surface area contributed by atoms with E-state index in [1.54, 1.807) is 55.5 Å². The van der Waals surface area contributed by atoms with Crippen molar-refractivity contribution in [3.05, 3.63) is 81.5 Å². The first-order chi connectivity index (χ1) is 14.3. The Labute approximate surface area is 181 Å². The van der Waals surface area contributed by atoms with Gasteiger partial charge in [0, 0.05) is 10.6 Å². The van der Waals surface area contributed by atoms with Crippen LogP contribution in [0.2, 0.25) is 10.0 Å². The third-order valence-corrected chi connectivity index (χ3v) is 5.07. The third-order valence-electron chi connectivity index (χ3n) is 4.51. The zero-order valence-corrected chi connectivity index (χ0v) is 17.1. The number of carbonyl (C=O) groups is 2. The van der Waals surface area contributed by atoms with Crippen molar-refractivity contribution in [2.45, 2.75) is 6.92 Å². The highest BCUT2D eigenvalue weighted by molar-refractivity contribution is 6.35. The maximum absolute atomic E-state index is 12.9. The fourth-order valence-electron chi connectivity index (χ4n) is 3.03. The molecule has 0 atom stereocenters. The number of hydrogen-bond acceptors (Lipinski definition) is 4. The molecule has 2 heterocycles. The van der Waals surface area contributed by atoms with E-state index in [9.17, 15) is 9.59 Å². The summed E-state index contributed by atoms with van der Waals surface area (Å²) in [4.78, 5) is 24.1. The van der Waals surface area contributed by atoms with Crippen molar-refractivity contribution in [3.63, 3.8) is 0 Å². The summed E-state index contributed by atoms with van der Waals surface area (Å²) < 4.78 is 5.83. The van der Waals surface area contributed by atoms with Crippen LogP contribution < -0.4 is 5.01 Å². The van der Waals surface area contributed by atoms with E-state index in [2.05, 4.69) is 5.10 Å². The number of hydrogen-bond donors (Lipinski definition) is 1. The Morgan fingerprint density at radius 2 is 1.93 bits per heavy atom. The molecule has 0 spiro atoms. The number of aromatic carboxylic acids is 1. The number of amides is 1. The van der Waals surface area contributed by atoms with Crippen molar-refractivity contribution >= 4 is 52.6 Å². The van der Waals surface area contributed by atoms with Gasteiger partial charge < -0.3 is 9.52 Å². The van der Waals surface area contributed by atoms with E-state index in [0.717, 1.165) is 0 Å². The Morgan fingerprint density at radius 3 is 2.70 bits per heavy atom. The van der Waals surface area contributed by atoms with Crippen molar-refractivity contribution in [2.24, 2.45) is 5.10 Å². The minimum atomic E-state index is -1.08. The molecule has 0 saturated heterocycles. The summed E-state index contributed by atoms with van der Waals surface area (Å²) in [7, 11) is 0. The summed E-state index contributed by atoms with van der Waals surface area (Å²) in [5, 5.41) is 15.6. The minimum absolute atomic E-state index is 0.0691. The van der Waals surface area contributed by atoms with Crippen LogP contribution in [0.1, 0.15) is 23.0 Å². The molecule has 0 bridgehead atoms. The van der Waals surface area contributed by atoms with Crippen molar-refractivity contribution in [3.8, 4) is 11.3 Å². The molecule has 6 nitrogen and oxygen atoms in total. The van der Waals surface area contributed by atoms with Crippen LogP contribution in [0.25, 0.3) is 17.4 Å². The second-order valence-corrected chi connectivity index (χ2v) is 7.39. The van der Waals surface area contributed by atoms with Gasteiger partial charge in [-0.2, -0.15) is 10.1 Å². The number of hydrazone groups is 1. The van der Waals surface area contributed by atoms with Gasteiger partial charge in [0.2, 0.25) is 0 Å². The smallest absolute Gasteiger partial charge is 0.335 e. The molecule has 0 unspecified atom stereocenters. The summed E-state index contributed by atoms with van der Waals surface area (Å²) in [6.07, 6.45) is 1.59. The SMILES string of the molecule is CC1=NN(c2cccc(C(=O)O)c2)C(=O)C1=Cc1ccc(-c2cc(Cl)ccc2Cl)o1. The number of furan rings is 1. The lowest BCUT2D eigenvalue weighted by Gasteiger charge is -2.12. The van der Waals surface area contributed by atoms with Crippen LogP contribution in [-0.4, -0.2) is 22.7 Å². The van der Waals surface area contributed by atoms with Gasteiger partial charge in [-0.1, -0.05) is 29.3 Å². The van der Waals surface area contributed by atoms with E-state index in [0.29, 0.717) is 44.1 Å². The van der Waals surface area contributed by atoms with Crippen molar-refractivity contribution in [1.82, 2.24) is 0 Å². The van der Waals surface area contributed by atoms with Crippen LogP contribution >= 0.6 is 23.2 Å². The van der Waals surface area contributed by atoms with E-state index in [-0.39, 0.29) is 11.5 Å². The first kappa shape index (κ1) is 19.9. The van der Waals surface area contributed by atoms with E-state index in [4.69, 9.17) is 32.7 Å². The molecule has 0 aliphatic carbocycles. The monoisotopic (exact) mass is 440 g/mol. The van der Waals surface area contributed by atoms with Crippen molar-refractivity contribution in [1.29, 1.82) is 0 Å². The second kappa shape index (κ2) is 7.82. The Kier molecular flexibility index (Phi) is 5.20. The number of halogens is 2. The van der Waals surface area contributed by atoms with E-state index in [1.807, 2.05) is 0 Å². The fourth-order valence-corrected chi connectivity index (χ4v) is 3.42. The molecular formula is C22H14Cl2N2O4. The molecule has 1 aliphatic heterocycles. The molecule has 1 N–H and O–H groups in total. The predicted octanol–water partition coefficient (Wildman–Crippen LogP) is 5.76. The quantitative estimate of drug-likeness (QED) is 0.522. The Bertz CT molecular complexity index is 1240.